The second-order valence-corrected chi connectivity index (χ2v) is 4.34. The van der Waals surface area contributed by atoms with E-state index < -0.39 is 5.97 Å². The third-order valence-corrected chi connectivity index (χ3v) is 3.09. The minimum Gasteiger partial charge on any atom is -0.476 e. The fourth-order valence-corrected chi connectivity index (χ4v) is 2.25. The summed E-state index contributed by atoms with van der Waals surface area (Å²) in [6.07, 6.45) is 0. The van der Waals surface area contributed by atoms with Crippen LogP contribution in [-0.2, 0) is 0 Å². The lowest BCUT2D eigenvalue weighted by atomic mass is 10.1. The normalized spacial score (nSPS) is 10.8. The number of benzene rings is 1. The molecule has 3 aromatic rings. The van der Waals surface area contributed by atoms with E-state index in [1.54, 1.807) is 4.40 Å². The summed E-state index contributed by atoms with van der Waals surface area (Å²) in [5, 5.41) is 9.48. The van der Waals surface area contributed by atoms with Gasteiger partial charge >= 0.3 is 5.97 Å². The molecule has 0 aliphatic heterocycles. The first-order valence-corrected chi connectivity index (χ1v) is 5.95. The first-order chi connectivity index (χ1) is 9.18. The van der Waals surface area contributed by atoms with Crippen LogP contribution < -0.4 is 0 Å². The van der Waals surface area contributed by atoms with E-state index in [-0.39, 0.29) is 5.69 Å². The van der Waals surface area contributed by atoms with E-state index in [0.29, 0.717) is 11.3 Å². The van der Waals surface area contributed by atoms with Crippen LogP contribution in [0.25, 0.3) is 16.9 Å². The zero-order valence-electron chi connectivity index (χ0n) is 10.4. The molecule has 1 aromatic carbocycles. The number of aryl methyl sites for hydroxylation is 1. The minimum atomic E-state index is -0.972. The molecule has 0 saturated carbocycles. The Labute approximate surface area is 110 Å². The van der Waals surface area contributed by atoms with Crippen molar-refractivity contribution in [2.24, 2.45) is 0 Å². The number of aromatic nitrogens is 2. The van der Waals surface area contributed by atoms with Gasteiger partial charge in [0.15, 0.2) is 5.69 Å². The number of aromatic carboxylic acids is 1. The molecule has 0 radical (unpaired) electrons. The highest BCUT2D eigenvalue weighted by Crippen LogP contribution is 2.25. The highest BCUT2D eigenvalue weighted by atomic mass is 16.4. The van der Waals surface area contributed by atoms with Crippen LogP contribution in [0.1, 0.15) is 16.2 Å². The lowest BCUT2D eigenvalue weighted by Crippen LogP contribution is -2.05. The van der Waals surface area contributed by atoms with Gasteiger partial charge in [-0.05, 0) is 19.1 Å². The van der Waals surface area contributed by atoms with E-state index in [4.69, 9.17) is 0 Å². The van der Waals surface area contributed by atoms with Crippen LogP contribution in [-0.4, -0.2) is 20.5 Å². The quantitative estimate of drug-likeness (QED) is 0.762. The number of hydrogen-bond donors (Lipinski definition) is 1. The Morgan fingerprint density at radius 3 is 2.53 bits per heavy atom. The van der Waals surface area contributed by atoms with E-state index >= 15 is 0 Å². The summed E-state index contributed by atoms with van der Waals surface area (Å²) in [5.74, 6) is -0.972. The van der Waals surface area contributed by atoms with Crippen LogP contribution >= 0.6 is 0 Å². The van der Waals surface area contributed by atoms with Gasteiger partial charge in [-0.1, -0.05) is 36.4 Å². The molecule has 0 saturated heterocycles. The lowest BCUT2D eigenvalue weighted by Gasteiger charge is -2.03. The Morgan fingerprint density at radius 1 is 1.11 bits per heavy atom. The van der Waals surface area contributed by atoms with Gasteiger partial charge in [-0.2, -0.15) is 0 Å². The van der Waals surface area contributed by atoms with Crippen molar-refractivity contribution >= 4 is 11.6 Å². The summed E-state index contributed by atoms with van der Waals surface area (Å²) in [6.45, 7) is 1.87. The van der Waals surface area contributed by atoms with Gasteiger partial charge in [0.05, 0.1) is 0 Å². The molecule has 2 heterocycles. The maximum atomic E-state index is 11.6. The summed E-state index contributed by atoms with van der Waals surface area (Å²) in [7, 11) is 0. The molecule has 3 rings (SSSR count). The number of rotatable bonds is 2. The first kappa shape index (κ1) is 11.5. The van der Waals surface area contributed by atoms with Gasteiger partial charge in [0.1, 0.15) is 11.3 Å². The standard InChI is InChI=1S/C15H12N2O2/c1-10-6-5-9-12-16-13(11-7-3-2-4-8-11)14(15(18)19)17(10)12/h2-9H,1H3,(H,18,19). The Balaban J connectivity index is 2.40. The number of carbonyl (C=O) groups is 1. The van der Waals surface area contributed by atoms with E-state index in [1.165, 1.54) is 0 Å². The van der Waals surface area contributed by atoms with Crippen LogP contribution in [0.3, 0.4) is 0 Å². The maximum Gasteiger partial charge on any atom is 0.355 e. The van der Waals surface area contributed by atoms with E-state index in [0.717, 1.165) is 11.3 Å². The molecule has 94 valence electrons. The molecule has 0 fully saturated rings. The Bertz CT molecular complexity index is 760. The van der Waals surface area contributed by atoms with Gasteiger partial charge in [-0.3, -0.25) is 4.40 Å². The number of imidazole rings is 1. The van der Waals surface area contributed by atoms with Gasteiger partial charge in [0, 0.05) is 11.3 Å². The SMILES string of the molecule is Cc1cccc2nc(-c3ccccc3)c(C(=O)O)n12. The molecule has 19 heavy (non-hydrogen) atoms. The van der Waals surface area contributed by atoms with Crippen molar-refractivity contribution in [1.82, 2.24) is 9.38 Å². The van der Waals surface area contributed by atoms with Gasteiger partial charge < -0.3 is 5.11 Å². The Hall–Kier alpha value is -2.62. The van der Waals surface area contributed by atoms with Crippen molar-refractivity contribution in [1.29, 1.82) is 0 Å². The molecular weight excluding hydrogens is 240 g/mol. The monoisotopic (exact) mass is 252 g/mol. The van der Waals surface area contributed by atoms with Crippen LogP contribution in [0, 0.1) is 6.92 Å². The molecule has 4 nitrogen and oxygen atoms in total. The highest BCUT2D eigenvalue weighted by Gasteiger charge is 2.20. The fraction of sp³-hybridized carbons (Fsp3) is 0.0667. The van der Waals surface area contributed by atoms with Crippen molar-refractivity contribution in [2.45, 2.75) is 6.92 Å². The van der Waals surface area contributed by atoms with Crippen molar-refractivity contribution in [3.8, 4) is 11.3 Å². The summed E-state index contributed by atoms with van der Waals surface area (Å²) in [6, 6.07) is 14.9. The number of carboxylic acid groups (broad SMARTS) is 1. The zero-order chi connectivity index (χ0) is 13.4. The molecule has 0 bridgehead atoms. The molecule has 1 N–H and O–H groups in total. The molecule has 4 heteroatoms. The third kappa shape index (κ3) is 1.78. The highest BCUT2D eigenvalue weighted by molar-refractivity contribution is 5.94. The third-order valence-electron chi connectivity index (χ3n) is 3.09. The van der Waals surface area contributed by atoms with E-state index in [2.05, 4.69) is 4.98 Å². The molecule has 0 amide bonds. The number of carboxylic acids is 1. The predicted molar refractivity (Wildman–Crippen MR) is 72.3 cm³/mol. The average Bonchev–Trinajstić information content (AvgIpc) is 2.81. The van der Waals surface area contributed by atoms with Crippen LogP contribution in [0.5, 0.6) is 0 Å². The Kier molecular flexibility index (Phi) is 2.56. The maximum absolute atomic E-state index is 11.6. The molecule has 2 aromatic heterocycles. The fourth-order valence-electron chi connectivity index (χ4n) is 2.25. The number of hydrogen-bond acceptors (Lipinski definition) is 2. The molecular formula is C15H12N2O2. The smallest absolute Gasteiger partial charge is 0.355 e. The largest absolute Gasteiger partial charge is 0.476 e. The first-order valence-electron chi connectivity index (χ1n) is 5.95. The molecule has 0 aliphatic carbocycles. The van der Waals surface area contributed by atoms with E-state index in [1.807, 2.05) is 55.5 Å². The summed E-state index contributed by atoms with van der Waals surface area (Å²) in [4.78, 5) is 16.0. The van der Waals surface area contributed by atoms with Gasteiger partial charge in [0.2, 0.25) is 0 Å². The van der Waals surface area contributed by atoms with Gasteiger partial charge in [-0.25, -0.2) is 9.78 Å². The van der Waals surface area contributed by atoms with Crippen LogP contribution in [0.2, 0.25) is 0 Å². The average molecular weight is 252 g/mol. The van der Waals surface area contributed by atoms with E-state index in [9.17, 15) is 9.90 Å². The molecule has 0 aliphatic rings. The van der Waals surface area contributed by atoms with Gasteiger partial charge in [0.25, 0.3) is 0 Å². The summed E-state index contributed by atoms with van der Waals surface area (Å²) < 4.78 is 1.67. The second-order valence-electron chi connectivity index (χ2n) is 4.34. The minimum absolute atomic E-state index is 0.208. The Morgan fingerprint density at radius 2 is 1.84 bits per heavy atom. The molecule has 0 spiro atoms. The van der Waals surface area contributed by atoms with Crippen LogP contribution in [0.15, 0.2) is 48.5 Å². The topological polar surface area (TPSA) is 54.6 Å². The van der Waals surface area contributed by atoms with Crippen molar-refractivity contribution in [3.05, 3.63) is 59.9 Å². The lowest BCUT2D eigenvalue weighted by molar-refractivity contribution is 0.0690. The molecule has 0 atom stereocenters. The summed E-state index contributed by atoms with van der Waals surface area (Å²) in [5.41, 5.74) is 3.02. The number of fused-ring (bicyclic) bond motifs is 1. The second kappa shape index (κ2) is 4.24. The number of pyridine rings is 1. The molecule has 0 unspecified atom stereocenters. The number of nitrogens with zero attached hydrogens (tertiary/aromatic N) is 2. The van der Waals surface area contributed by atoms with Crippen molar-refractivity contribution < 1.29 is 9.90 Å². The summed E-state index contributed by atoms with van der Waals surface area (Å²) >= 11 is 0. The van der Waals surface area contributed by atoms with Crippen molar-refractivity contribution in [3.63, 3.8) is 0 Å². The predicted octanol–water partition coefficient (Wildman–Crippen LogP) is 3.01. The zero-order valence-corrected chi connectivity index (χ0v) is 10.4. The van der Waals surface area contributed by atoms with Gasteiger partial charge in [-0.15, -0.1) is 0 Å². The van der Waals surface area contributed by atoms with Crippen LogP contribution in [0.4, 0.5) is 0 Å². The van der Waals surface area contributed by atoms with Crippen molar-refractivity contribution in [2.75, 3.05) is 0 Å².